The normalized spacial score (nSPS) is 17.2. The van der Waals surface area contributed by atoms with E-state index in [1.165, 1.54) is 18.3 Å². The van der Waals surface area contributed by atoms with Crippen LogP contribution in [0.15, 0.2) is 24.4 Å². The fourth-order valence-corrected chi connectivity index (χ4v) is 5.16. The molecular formula is C24H23F3N6O3. The van der Waals surface area contributed by atoms with Crippen LogP contribution in [-0.2, 0) is 23.3 Å². The molecule has 1 aliphatic carbocycles. The van der Waals surface area contributed by atoms with E-state index in [0.29, 0.717) is 36.2 Å². The number of aromatic nitrogens is 4. The summed E-state index contributed by atoms with van der Waals surface area (Å²) in [5.41, 5.74) is 0.434. The molecule has 3 aromatic rings. The van der Waals surface area contributed by atoms with Gasteiger partial charge in [0.25, 0.3) is 23.5 Å². The zero-order valence-electron chi connectivity index (χ0n) is 19.5. The lowest BCUT2D eigenvalue weighted by Gasteiger charge is -2.46. The molecule has 2 aromatic heterocycles. The van der Waals surface area contributed by atoms with Crippen molar-refractivity contribution < 1.29 is 27.6 Å². The van der Waals surface area contributed by atoms with Crippen LogP contribution in [0.25, 0.3) is 0 Å². The third-order valence-corrected chi connectivity index (χ3v) is 6.87. The van der Waals surface area contributed by atoms with Crippen LogP contribution in [0, 0.1) is 19.7 Å². The van der Waals surface area contributed by atoms with Crippen molar-refractivity contribution in [3.8, 4) is 0 Å². The summed E-state index contributed by atoms with van der Waals surface area (Å²) < 4.78 is 43.2. The van der Waals surface area contributed by atoms with E-state index in [9.17, 15) is 27.6 Å². The van der Waals surface area contributed by atoms with E-state index in [0.717, 1.165) is 0 Å². The predicted molar refractivity (Wildman–Crippen MR) is 121 cm³/mol. The second-order valence-corrected chi connectivity index (χ2v) is 9.40. The van der Waals surface area contributed by atoms with Crippen LogP contribution in [0.4, 0.5) is 18.9 Å². The number of carbonyl (C=O) groups is 3. The number of halogens is 3. The molecule has 12 heteroatoms. The Morgan fingerprint density at radius 2 is 1.92 bits per heavy atom. The summed E-state index contributed by atoms with van der Waals surface area (Å²) in [6.45, 7) is 3.58. The number of H-pyrrole nitrogens is 1. The van der Waals surface area contributed by atoms with E-state index in [4.69, 9.17) is 0 Å². The second-order valence-electron chi connectivity index (χ2n) is 9.40. The number of fused-ring (bicyclic) bond motifs is 1. The number of benzene rings is 1. The first-order valence-corrected chi connectivity index (χ1v) is 11.4. The Balaban J connectivity index is 1.43. The summed E-state index contributed by atoms with van der Waals surface area (Å²) in [6.07, 6.45) is 0.980. The molecule has 1 saturated carbocycles. The molecule has 9 nitrogen and oxygen atoms in total. The first-order valence-electron chi connectivity index (χ1n) is 11.4. The van der Waals surface area contributed by atoms with E-state index in [1.54, 1.807) is 24.5 Å². The van der Waals surface area contributed by atoms with Crippen LogP contribution in [0.1, 0.15) is 62.6 Å². The molecule has 0 radical (unpaired) electrons. The Kier molecular flexibility index (Phi) is 5.49. The van der Waals surface area contributed by atoms with Gasteiger partial charge in [0.2, 0.25) is 0 Å². The molecule has 188 valence electrons. The lowest BCUT2D eigenvalue weighted by Crippen LogP contribution is -2.61. The minimum absolute atomic E-state index is 0.0293. The molecule has 0 spiro atoms. The SMILES string of the molecule is Cc1ccc(NC(=O)c2c(C)c(C(=O)C(=O)NC3(c4cn[nH]n4)CC(F)(F)C3)n3c2CCC3)cc1F. The lowest BCUT2D eigenvalue weighted by molar-refractivity contribution is -0.148. The Hall–Kier alpha value is -3.96. The Bertz CT molecular complexity index is 1390. The molecule has 3 N–H and O–H groups in total. The zero-order valence-corrected chi connectivity index (χ0v) is 19.5. The molecule has 1 fully saturated rings. The number of Topliss-reactive ketones (excluding diaryl/α,β-unsaturated/α-hetero) is 1. The molecule has 1 aliphatic heterocycles. The number of hydrogen-bond donors (Lipinski definition) is 3. The Morgan fingerprint density at radius 1 is 1.17 bits per heavy atom. The van der Waals surface area contributed by atoms with Gasteiger partial charge in [-0.2, -0.15) is 15.4 Å². The van der Waals surface area contributed by atoms with E-state index in [1.807, 2.05) is 0 Å². The number of alkyl halides is 2. The number of aromatic amines is 1. The minimum Gasteiger partial charge on any atom is -0.341 e. The molecule has 1 aromatic carbocycles. The van der Waals surface area contributed by atoms with Gasteiger partial charge < -0.3 is 15.2 Å². The van der Waals surface area contributed by atoms with E-state index >= 15 is 0 Å². The highest BCUT2D eigenvalue weighted by molar-refractivity contribution is 6.43. The van der Waals surface area contributed by atoms with Crippen LogP contribution >= 0.6 is 0 Å². The van der Waals surface area contributed by atoms with Gasteiger partial charge >= 0.3 is 0 Å². The molecule has 2 amide bonds. The summed E-state index contributed by atoms with van der Waals surface area (Å²) in [4.78, 5) is 39.5. The standard InChI is InChI=1S/C24H23F3N6O3/c1-12-5-6-14(8-15(12)25)29-21(35)18-13(2)19(33-7-3-4-16(18)33)20(34)22(36)30-23(10-24(26,27)11-23)17-9-28-32-31-17/h5-6,8-9H,3-4,7,10-11H2,1-2H3,(H,29,35)(H,30,36)(H,28,31,32). The molecule has 3 heterocycles. The zero-order chi connectivity index (χ0) is 25.8. The quantitative estimate of drug-likeness (QED) is 0.355. The number of amides is 2. The van der Waals surface area contributed by atoms with Gasteiger partial charge in [0.15, 0.2) is 0 Å². The molecule has 2 aliphatic rings. The molecular weight excluding hydrogens is 477 g/mol. The van der Waals surface area contributed by atoms with Crippen LogP contribution in [0.2, 0.25) is 0 Å². The van der Waals surface area contributed by atoms with Gasteiger partial charge in [0, 0.05) is 30.8 Å². The van der Waals surface area contributed by atoms with Crippen molar-refractivity contribution in [2.24, 2.45) is 0 Å². The number of aryl methyl sites for hydroxylation is 1. The van der Waals surface area contributed by atoms with Crippen molar-refractivity contribution >= 4 is 23.3 Å². The van der Waals surface area contributed by atoms with Gasteiger partial charge in [-0.05, 0) is 49.9 Å². The van der Waals surface area contributed by atoms with E-state index < -0.39 is 47.7 Å². The van der Waals surface area contributed by atoms with Crippen LogP contribution in [0.3, 0.4) is 0 Å². The van der Waals surface area contributed by atoms with Gasteiger partial charge in [-0.3, -0.25) is 14.4 Å². The van der Waals surface area contributed by atoms with Gasteiger partial charge in [-0.25, -0.2) is 13.2 Å². The second kappa shape index (κ2) is 8.32. The maximum atomic E-state index is 13.9. The third kappa shape index (κ3) is 3.86. The average molecular weight is 500 g/mol. The average Bonchev–Trinajstić information content (AvgIpc) is 3.52. The fourth-order valence-electron chi connectivity index (χ4n) is 5.16. The van der Waals surface area contributed by atoms with Crippen molar-refractivity contribution in [3.63, 3.8) is 0 Å². The van der Waals surface area contributed by atoms with Gasteiger partial charge in [0.1, 0.15) is 11.5 Å². The first kappa shape index (κ1) is 23.8. The van der Waals surface area contributed by atoms with Gasteiger partial charge in [-0.1, -0.05) is 6.07 Å². The third-order valence-electron chi connectivity index (χ3n) is 6.87. The van der Waals surface area contributed by atoms with E-state index in [2.05, 4.69) is 26.0 Å². The van der Waals surface area contributed by atoms with E-state index in [-0.39, 0.29) is 22.6 Å². The number of anilines is 1. The fraction of sp³-hybridized carbons (Fsp3) is 0.375. The lowest BCUT2D eigenvalue weighted by atomic mass is 9.71. The van der Waals surface area contributed by atoms with Crippen molar-refractivity contribution in [2.75, 3.05) is 5.32 Å². The number of carbonyl (C=O) groups excluding carboxylic acids is 3. The van der Waals surface area contributed by atoms with Crippen LogP contribution in [-0.4, -0.2) is 43.5 Å². The molecule has 0 saturated heterocycles. The smallest absolute Gasteiger partial charge is 0.294 e. The Morgan fingerprint density at radius 3 is 2.56 bits per heavy atom. The number of rotatable bonds is 6. The molecule has 36 heavy (non-hydrogen) atoms. The summed E-state index contributed by atoms with van der Waals surface area (Å²) in [5, 5.41) is 14.9. The first-order chi connectivity index (χ1) is 17.0. The molecule has 5 rings (SSSR count). The number of ketones is 1. The van der Waals surface area contributed by atoms with Crippen molar-refractivity contribution in [1.82, 2.24) is 25.3 Å². The highest BCUT2D eigenvalue weighted by atomic mass is 19.3. The summed E-state index contributed by atoms with van der Waals surface area (Å²) in [6, 6.07) is 4.31. The summed E-state index contributed by atoms with van der Waals surface area (Å²) in [7, 11) is 0. The van der Waals surface area contributed by atoms with Crippen molar-refractivity contribution in [3.05, 3.63) is 64.0 Å². The van der Waals surface area contributed by atoms with Crippen LogP contribution < -0.4 is 10.6 Å². The minimum atomic E-state index is -3.01. The maximum absolute atomic E-state index is 13.9. The number of nitrogens with zero attached hydrogens (tertiary/aromatic N) is 3. The Labute approximate surface area is 203 Å². The predicted octanol–water partition coefficient (Wildman–Crippen LogP) is 3.18. The topological polar surface area (TPSA) is 122 Å². The van der Waals surface area contributed by atoms with Gasteiger partial charge in [-0.15, -0.1) is 0 Å². The number of nitrogens with one attached hydrogen (secondary N) is 3. The highest BCUT2D eigenvalue weighted by Gasteiger charge is 2.60. The summed E-state index contributed by atoms with van der Waals surface area (Å²) >= 11 is 0. The maximum Gasteiger partial charge on any atom is 0.294 e. The highest BCUT2D eigenvalue weighted by Crippen LogP contribution is 2.51. The molecule has 0 atom stereocenters. The molecule has 0 unspecified atom stereocenters. The number of hydrogen-bond acceptors (Lipinski definition) is 5. The molecule has 0 bridgehead atoms. The van der Waals surface area contributed by atoms with Crippen molar-refractivity contribution in [1.29, 1.82) is 0 Å². The largest absolute Gasteiger partial charge is 0.341 e. The van der Waals surface area contributed by atoms with Crippen LogP contribution in [0.5, 0.6) is 0 Å². The monoisotopic (exact) mass is 500 g/mol. The summed E-state index contributed by atoms with van der Waals surface area (Å²) in [5.74, 6) is -6.02. The van der Waals surface area contributed by atoms with Crippen molar-refractivity contribution in [2.45, 2.75) is 57.5 Å². The van der Waals surface area contributed by atoms with Gasteiger partial charge in [0.05, 0.1) is 23.0 Å².